The minimum atomic E-state index is -0.461. The Balaban J connectivity index is 1.64. The third kappa shape index (κ3) is 5.52. The number of fused-ring (bicyclic) bond motifs is 1. The molecule has 1 aromatic carbocycles. The van der Waals surface area contributed by atoms with Gasteiger partial charge in [-0.25, -0.2) is 9.79 Å². The number of nitrogens with zero attached hydrogens (tertiary/aromatic N) is 2. The number of amidine groups is 1. The molecule has 1 N–H and O–H groups in total. The second-order valence-electron chi connectivity index (χ2n) is 8.41. The van der Waals surface area contributed by atoms with E-state index in [9.17, 15) is 9.59 Å². The quantitative estimate of drug-likeness (QED) is 0.408. The van der Waals surface area contributed by atoms with E-state index in [1.54, 1.807) is 19.4 Å². The van der Waals surface area contributed by atoms with Crippen LogP contribution in [0.3, 0.4) is 0 Å². The number of hydrogen-bond acceptors (Lipinski definition) is 8. The lowest BCUT2D eigenvalue weighted by Gasteiger charge is -2.37. The second-order valence-corrected chi connectivity index (χ2v) is 9.25. The van der Waals surface area contributed by atoms with Crippen molar-refractivity contribution < 1.29 is 23.5 Å². The van der Waals surface area contributed by atoms with Gasteiger partial charge in [-0.15, -0.1) is 0 Å². The maximum atomic E-state index is 13.2. The number of carbonyl (C=O) groups excluding carboxylic acids is 2. The number of benzene rings is 1. The van der Waals surface area contributed by atoms with Crippen molar-refractivity contribution in [1.29, 1.82) is 0 Å². The topological polar surface area (TPSA) is 93.4 Å². The molecule has 0 saturated heterocycles. The van der Waals surface area contributed by atoms with Gasteiger partial charge in [0.1, 0.15) is 12.4 Å². The molecule has 1 aromatic heterocycles. The number of furan rings is 1. The van der Waals surface area contributed by atoms with Crippen LogP contribution in [-0.4, -0.2) is 42.3 Å². The molecule has 2 aromatic rings. The molecule has 0 fully saturated rings. The van der Waals surface area contributed by atoms with Gasteiger partial charge in [0.2, 0.25) is 5.91 Å². The van der Waals surface area contributed by atoms with Crippen LogP contribution >= 0.6 is 11.8 Å². The van der Waals surface area contributed by atoms with E-state index < -0.39 is 12.0 Å². The highest BCUT2D eigenvalue weighted by molar-refractivity contribution is 8.16. The molecule has 0 radical (unpaired) electrons. The Kier molecular flexibility index (Phi) is 7.77. The predicted molar refractivity (Wildman–Crippen MR) is 134 cm³/mol. The Bertz CT molecular complexity index is 1200. The van der Waals surface area contributed by atoms with Crippen molar-refractivity contribution in [2.45, 2.75) is 39.8 Å². The summed E-state index contributed by atoms with van der Waals surface area (Å²) in [5.74, 6) is 0.0939. The zero-order valence-electron chi connectivity index (χ0n) is 20.3. The van der Waals surface area contributed by atoms with Crippen molar-refractivity contribution in [3.05, 3.63) is 81.4 Å². The molecule has 9 heteroatoms. The summed E-state index contributed by atoms with van der Waals surface area (Å²) in [7, 11) is 1.56. The lowest BCUT2D eigenvalue weighted by molar-refractivity contribution is -0.141. The van der Waals surface area contributed by atoms with Crippen LogP contribution in [-0.2, 0) is 25.6 Å². The zero-order valence-corrected chi connectivity index (χ0v) is 21.1. The molecule has 8 nitrogen and oxygen atoms in total. The number of ether oxygens (including phenoxy) is 2. The molecule has 35 heavy (non-hydrogen) atoms. The SMILES string of the molecule is COCCOC(=O)C1=C(C)N=C2SC=C(CC(=O)NCc3ccco3)N2[C@@H]1c1ccc(C)cc1C. The number of methoxy groups -OCH3 is 1. The molecule has 0 aliphatic carbocycles. The summed E-state index contributed by atoms with van der Waals surface area (Å²) in [6, 6.07) is 9.28. The summed E-state index contributed by atoms with van der Waals surface area (Å²) in [6.07, 6.45) is 1.71. The van der Waals surface area contributed by atoms with E-state index in [0.29, 0.717) is 30.2 Å². The molecular formula is C26H29N3O5S. The molecule has 4 rings (SSSR count). The molecule has 2 aliphatic rings. The fourth-order valence-electron chi connectivity index (χ4n) is 4.18. The summed E-state index contributed by atoms with van der Waals surface area (Å²) in [6.45, 7) is 6.65. The van der Waals surface area contributed by atoms with Crippen LogP contribution in [0.5, 0.6) is 0 Å². The Morgan fingerprint density at radius 3 is 2.74 bits per heavy atom. The molecule has 1 amide bonds. The van der Waals surface area contributed by atoms with E-state index in [1.165, 1.54) is 11.8 Å². The zero-order chi connectivity index (χ0) is 24.9. The number of hydrogen-bond donors (Lipinski definition) is 1. The van der Waals surface area contributed by atoms with Gasteiger partial charge in [0.25, 0.3) is 0 Å². The van der Waals surface area contributed by atoms with Crippen LogP contribution in [0.4, 0.5) is 0 Å². The third-order valence-corrected chi connectivity index (χ3v) is 6.73. The lowest BCUT2D eigenvalue weighted by Crippen LogP contribution is -2.38. The average Bonchev–Trinajstić information content (AvgIpc) is 3.47. The first-order valence-corrected chi connectivity index (χ1v) is 12.2. The van der Waals surface area contributed by atoms with Gasteiger partial charge in [-0.05, 0) is 49.4 Å². The van der Waals surface area contributed by atoms with Crippen molar-refractivity contribution in [2.75, 3.05) is 20.3 Å². The average molecular weight is 496 g/mol. The van der Waals surface area contributed by atoms with Gasteiger partial charge in [-0.2, -0.15) is 0 Å². The number of amides is 1. The van der Waals surface area contributed by atoms with E-state index in [2.05, 4.69) is 11.4 Å². The maximum Gasteiger partial charge on any atom is 0.338 e. The van der Waals surface area contributed by atoms with Crippen molar-refractivity contribution in [3.63, 3.8) is 0 Å². The fraction of sp³-hybridized carbons (Fsp3) is 0.346. The van der Waals surface area contributed by atoms with Gasteiger partial charge in [0.15, 0.2) is 5.17 Å². The summed E-state index contributed by atoms with van der Waals surface area (Å²) >= 11 is 1.45. The highest BCUT2D eigenvalue weighted by Crippen LogP contribution is 2.45. The highest BCUT2D eigenvalue weighted by Gasteiger charge is 2.41. The molecule has 3 heterocycles. The minimum absolute atomic E-state index is 0.138. The van der Waals surface area contributed by atoms with Crippen LogP contribution in [0.15, 0.2) is 68.4 Å². The summed E-state index contributed by atoms with van der Waals surface area (Å²) in [5, 5.41) is 5.55. The molecule has 2 aliphatic heterocycles. The predicted octanol–water partition coefficient (Wildman–Crippen LogP) is 4.37. The summed E-state index contributed by atoms with van der Waals surface area (Å²) in [5.41, 5.74) is 4.97. The third-order valence-electron chi connectivity index (χ3n) is 5.84. The van der Waals surface area contributed by atoms with E-state index in [-0.39, 0.29) is 18.9 Å². The van der Waals surface area contributed by atoms with Gasteiger partial charge < -0.3 is 24.1 Å². The number of nitrogens with one attached hydrogen (secondary N) is 1. The molecule has 184 valence electrons. The Morgan fingerprint density at radius 2 is 2.03 bits per heavy atom. The fourth-order valence-corrected chi connectivity index (χ4v) is 5.14. The summed E-state index contributed by atoms with van der Waals surface area (Å²) < 4.78 is 15.9. The Morgan fingerprint density at radius 1 is 1.20 bits per heavy atom. The van der Waals surface area contributed by atoms with Crippen LogP contribution in [0.25, 0.3) is 0 Å². The summed E-state index contributed by atoms with van der Waals surface area (Å²) in [4.78, 5) is 32.7. The lowest BCUT2D eigenvalue weighted by atomic mass is 9.90. The second kappa shape index (κ2) is 11.0. The highest BCUT2D eigenvalue weighted by atomic mass is 32.2. The number of carbonyl (C=O) groups is 2. The Hall–Kier alpha value is -3.30. The van der Waals surface area contributed by atoms with E-state index >= 15 is 0 Å². The number of aliphatic imine (C=N–C) groups is 1. The van der Waals surface area contributed by atoms with Crippen LogP contribution < -0.4 is 5.32 Å². The van der Waals surface area contributed by atoms with E-state index in [1.807, 2.05) is 49.3 Å². The first-order chi connectivity index (χ1) is 16.9. The van der Waals surface area contributed by atoms with Crippen molar-refractivity contribution in [2.24, 2.45) is 4.99 Å². The molecule has 0 bridgehead atoms. The van der Waals surface area contributed by atoms with Crippen molar-refractivity contribution in [1.82, 2.24) is 10.2 Å². The van der Waals surface area contributed by atoms with Gasteiger partial charge in [0.05, 0.1) is 43.1 Å². The van der Waals surface area contributed by atoms with E-state index in [0.717, 1.165) is 27.6 Å². The number of esters is 1. The first kappa shape index (κ1) is 24.8. The standard InChI is InChI=1S/C26H29N3O5S/c1-16-7-8-21(17(2)12-16)24-23(25(31)34-11-10-32-4)18(3)28-26-29(24)19(15-35-26)13-22(30)27-14-20-6-5-9-33-20/h5-9,12,15,24H,10-11,13-14H2,1-4H3,(H,27,30)/t24-/m1/s1. The molecular weight excluding hydrogens is 466 g/mol. The van der Waals surface area contributed by atoms with Crippen LogP contribution in [0.1, 0.15) is 41.8 Å². The normalized spacial score (nSPS) is 17.1. The van der Waals surface area contributed by atoms with Crippen LogP contribution in [0, 0.1) is 13.8 Å². The number of rotatable bonds is 9. The first-order valence-electron chi connectivity index (χ1n) is 11.4. The number of aryl methyl sites for hydroxylation is 2. The molecule has 0 spiro atoms. The molecule has 0 unspecified atom stereocenters. The molecule has 0 saturated carbocycles. The van der Waals surface area contributed by atoms with Gasteiger partial charge in [0, 0.05) is 12.8 Å². The van der Waals surface area contributed by atoms with Gasteiger partial charge in [-0.1, -0.05) is 35.5 Å². The largest absolute Gasteiger partial charge is 0.467 e. The van der Waals surface area contributed by atoms with Crippen LogP contribution in [0.2, 0.25) is 0 Å². The maximum absolute atomic E-state index is 13.2. The van der Waals surface area contributed by atoms with E-state index in [4.69, 9.17) is 18.9 Å². The van der Waals surface area contributed by atoms with Crippen molar-refractivity contribution >= 4 is 28.8 Å². The minimum Gasteiger partial charge on any atom is -0.467 e. The van der Waals surface area contributed by atoms with Crippen molar-refractivity contribution in [3.8, 4) is 0 Å². The van der Waals surface area contributed by atoms with Gasteiger partial charge >= 0.3 is 5.97 Å². The molecule has 1 atom stereocenters. The Labute approximate surface area is 209 Å². The number of allylic oxidation sites excluding steroid dienone is 1. The van der Waals surface area contributed by atoms with Gasteiger partial charge in [-0.3, -0.25) is 4.79 Å². The smallest absolute Gasteiger partial charge is 0.338 e. The number of thioether (sulfide) groups is 1. The monoisotopic (exact) mass is 495 g/mol.